The predicted octanol–water partition coefficient (Wildman–Crippen LogP) is 7.24. The van der Waals surface area contributed by atoms with E-state index in [2.05, 4.69) is 13.8 Å². The molecule has 0 aliphatic carbocycles. The van der Waals surface area contributed by atoms with Crippen molar-refractivity contribution in [1.29, 1.82) is 0 Å². The van der Waals surface area contributed by atoms with E-state index >= 15 is 0 Å². The molecule has 240 valence electrons. The molecule has 0 bridgehead atoms. The smallest absolute Gasteiger partial charge is 0.872 e. The molecule has 5 nitrogen and oxygen atoms in total. The molecule has 0 radical (unpaired) electrons. The average molecular weight is 858 g/mol. The molecule has 0 aliphatic heterocycles. The molecule has 0 aromatic heterocycles. The molecule has 0 saturated heterocycles. The van der Waals surface area contributed by atoms with Crippen LogP contribution in [0.4, 0.5) is 4.79 Å². The van der Waals surface area contributed by atoms with E-state index in [4.69, 9.17) is 15.0 Å². The number of benzene rings is 2. The molecule has 7 heteroatoms. The fraction of sp³-hybridized carbons (Fsp3) is 0.649. The van der Waals surface area contributed by atoms with Gasteiger partial charge in [-0.25, -0.2) is 0 Å². The van der Waals surface area contributed by atoms with Crippen molar-refractivity contribution in [3.8, 4) is 11.5 Å². The third kappa shape index (κ3) is 33.8. The van der Waals surface area contributed by atoms with Crippen molar-refractivity contribution in [2.75, 3.05) is 0 Å². The van der Waals surface area contributed by atoms with Gasteiger partial charge in [-0.15, -0.1) is 11.5 Å². The molecule has 44 heavy (non-hydrogen) atoms. The van der Waals surface area contributed by atoms with Crippen LogP contribution in [0, 0.1) is 0 Å². The van der Waals surface area contributed by atoms with Crippen LogP contribution in [0.3, 0.4) is 0 Å². The minimum Gasteiger partial charge on any atom is -0.872 e. The van der Waals surface area contributed by atoms with Gasteiger partial charge in [0.2, 0.25) is 0 Å². The van der Waals surface area contributed by atoms with E-state index in [0.29, 0.717) is 0 Å². The second kappa shape index (κ2) is 37.9. The molecular weight excluding hydrogens is 799 g/mol. The molecular formula is C37H58Ba2O5. The summed E-state index contributed by atoms with van der Waals surface area (Å²) in [5.41, 5.74) is 1.98. The van der Waals surface area contributed by atoms with E-state index in [-0.39, 0.29) is 109 Å². The molecule has 0 N–H and O–H groups in total. The summed E-state index contributed by atoms with van der Waals surface area (Å²) in [6.45, 7) is 4.53. The van der Waals surface area contributed by atoms with Crippen molar-refractivity contribution in [3.63, 3.8) is 0 Å². The van der Waals surface area contributed by atoms with Crippen molar-refractivity contribution in [3.05, 3.63) is 59.7 Å². The summed E-state index contributed by atoms with van der Waals surface area (Å²) >= 11 is 0. The van der Waals surface area contributed by atoms with Crippen LogP contribution in [0.1, 0.15) is 153 Å². The number of carbonyl (C=O) groups is 1. The van der Waals surface area contributed by atoms with Crippen LogP contribution in [0.5, 0.6) is 11.5 Å². The number of carboxylic acid groups (broad SMARTS) is 2. The molecule has 2 rings (SSSR count). The van der Waals surface area contributed by atoms with Crippen LogP contribution >= 0.6 is 0 Å². The van der Waals surface area contributed by atoms with Crippen LogP contribution in [-0.2, 0) is 12.8 Å². The average Bonchev–Trinajstić information content (AvgIpc) is 2.97. The molecule has 0 fully saturated rings. The third-order valence-electron chi connectivity index (χ3n) is 7.54. The van der Waals surface area contributed by atoms with Crippen molar-refractivity contribution in [2.45, 2.75) is 155 Å². The molecule has 2 aromatic carbocycles. The molecule has 0 saturated carbocycles. The quantitative estimate of drug-likeness (QED) is 0.0917. The zero-order valence-electron chi connectivity index (χ0n) is 28.1. The fourth-order valence-corrected chi connectivity index (χ4v) is 5.03. The molecule has 2 aromatic rings. The van der Waals surface area contributed by atoms with Crippen molar-refractivity contribution in [1.82, 2.24) is 0 Å². The second-order valence-electron chi connectivity index (χ2n) is 11.3. The molecule has 0 amide bonds. The Morgan fingerprint density at radius 2 is 0.682 bits per heavy atom. The largest absolute Gasteiger partial charge is 2.00 e. The maximum Gasteiger partial charge on any atom is 2.00 e. The Kier molecular flexibility index (Phi) is 42.1. The summed E-state index contributed by atoms with van der Waals surface area (Å²) in [5, 5.41) is 39.7. The van der Waals surface area contributed by atoms with Crippen molar-refractivity contribution in [2.24, 2.45) is 0 Å². The Morgan fingerprint density at radius 1 is 0.455 bits per heavy atom. The summed E-state index contributed by atoms with van der Waals surface area (Å²) in [5.74, 6) is 0.414. The standard InChI is InChI=1S/2C18H30O.CH2O3.2Ba/c2*1-2-3-4-5-6-7-8-9-10-11-14-17-15-12-13-16-18(17)19;2-1(3)4;;/h2*12-13,15-16,19H,2-11,14H2,1H3;(H2,2,3,4);;/q;;;2*+2/p-4. The van der Waals surface area contributed by atoms with Crippen LogP contribution < -0.4 is 20.4 Å². The monoisotopic (exact) mass is 858 g/mol. The van der Waals surface area contributed by atoms with Crippen molar-refractivity contribution < 1.29 is 25.2 Å². The van der Waals surface area contributed by atoms with E-state index in [9.17, 15) is 10.2 Å². The molecule has 0 unspecified atom stereocenters. The Morgan fingerprint density at radius 3 is 0.932 bits per heavy atom. The van der Waals surface area contributed by atoms with E-state index in [0.717, 1.165) is 36.8 Å². The second-order valence-corrected chi connectivity index (χ2v) is 11.3. The molecule has 0 spiro atoms. The minimum absolute atomic E-state index is 0. The maximum atomic E-state index is 11.5. The van der Waals surface area contributed by atoms with E-state index in [1.165, 1.54) is 116 Å². The summed E-state index contributed by atoms with van der Waals surface area (Å²) < 4.78 is 0. The van der Waals surface area contributed by atoms with Gasteiger partial charge in [0.05, 0.1) is 0 Å². The van der Waals surface area contributed by atoms with E-state index in [1.807, 2.05) is 36.4 Å². The van der Waals surface area contributed by atoms with E-state index in [1.54, 1.807) is 12.1 Å². The van der Waals surface area contributed by atoms with Gasteiger partial charge in [-0.1, -0.05) is 189 Å². The van der Waals surface area contributed by atoms with Gasteiger partial charge in [0.15, 0.2) is 0 Å². The van der Waals surface area contributed by atoms with Gasteiger partial charge in [0, 0.05) is 0 Å². The topological polar surface area (TPSA) is 109 Å². The number of rotatable bonds is 22. The van der Waals surface area contributed by atoms with Crippen molar-refractivity contribution >= 4 is 104 Å². The summed E-state index contributed by atoms with van der Waals surface area (Å²) in [6.07, 6.45) is 26.5. The van der Waals surface area contributed by atoms with Gasteiger partial charge < -0.3 is 25.2 Å². The van der Waals surface area contributed by atoms with Crippen LogP contribution in [-0.4, -0.2) is 104 Å². The number of aryl methyl sites for hydroxylation is 2. The first-order valence-electron chi connectivity index (χ1n) is 16.8. The number of hydrogen-bond donors (Lipinski definition) is 0. The fourth-order valence-electron chi connectivity index (χ4n) is 5.03. The first-order valence-corrected chi connectivity index (χ1v) is 16.8. The van der Waals surface area contributed by atoms with Gasteiger partial charge in [0.25, 0.3) is 0 Å². The van der Waals surface area contributed by atoms with Gasteiger partial charge in [-0.3, -0.25) is 0 Å². The Labute approximate surface area is 350 Å². The van der Waals surface area contributed by atoms with Gasteiger partial charge in [-0.2, -0.15) is 0 Å². The number of para-hydroxylation sites is 2. The van der Waals surface area contributed by atoms with Gasteiger partial charge in [0.1, 0.15) is 0 Å². The normalized spacial score (nSPS) is 9.86. The van der Waals surface area contributed by atoms with Gasteiger partial charge >= 0.3 is 97.8 Å². The van der Waals surface area contributed by atoms with Crippen LogP contribution in [0.15, 0.2) is 48.5 Å². The third-order valence-corrected chi connectivity index (χ3v) is 7.54. The molecule has 0 heterocycles. The first-order chi connectivity index (χ1) is 20.4. The Balaban J connectivity index is -0.000000654. The zero-order chi connectivity index (χ0) is 31.1. The summed E-state index contributed by atoms with van der Waals surface area (Å²) in [4.78, 5) is 8.33. The minimum atomic E-state index is -2.33. The van der Waals surface area contributed by atoms with Crippen LogP contribution in [0.25, 0.3) is 0 Å². The summed E-state index contributed by atoms with van der Waals surface area (Å²) in [6, 6.07) is 14.9. The van der Waals surface area contributed by atoms with E-state index < -0.39 is 6.16 Å². The van der Waals surface area contributed by atoms with Crippen LogP contribution in [0.2, 0.25) is 0 Å². The first kappa shape index (κ1) is 48.8. The SMILES string of the molecule is CCCCCCCCCCCCc1ccccc1[O-].CCCCCCCCCCCCc1ccccc1[O-].O=C([O-])[O-].[Ba+2].[Ba+2]. The zero-order valence-corrected chi connectivity index (χ0v) is 37.0. The predicted molar refractivity (Wildman–Crippen MR) is 180 cm³/mol. The number of carbonyl (C=O) groups excluding carboxylic acids is 1. The van der Waals surface area contributed by atoms with Gasteiger partial charge in [-0.05, 0) is 31.8 Å². The molecule has 0 atom stereocenters. The Bertz CT molecular complexity index is 809. The maximum absolute atomic E-state index is 11.5. The number of hydrogen-bond acceptors (Lipinski definition) is 5. The molecule has 0 aliphatic rings. The number of unbranched alkanes of at least 4 members (excludes halogenated alkanes) is 18. The Hall–Kier alpha value is 0.453. The summed E-state index contributed by atoms with van der Waals surface area (Å²) in [7, 11) is 0.